The van der Waals surface area contributed by atoms with Crippen LogP contribution in [0.2, 0.25) is 0 Å². The lowest BCUT2D eigenvalue weighted by molar-refractivity contribution is -0.252. The molecule has 1 aromatic carbocycles. The predicted molar refractivity (Wildman–Crippen MR) is 110 cm³/mol. The minimum atomic E-state index is -4.45. The van der Waals surface area contributed by atoms with Crippen LogP contribution in [0, 0.1) is 0 Å². The summed E-state index contributed by atoms with van der Waals surface area (Å²) in [5, 5.41) is 4.27. The molecule has 1 saturated heterocycles. The average Bonchev–Trinajstić information content (AvgIpc) is 3.22. The highest BCUT2D eigenvalue weighted by atomic mass is 19.4. The summed E-state index contributed by atoms with van der Waals surface area (Å²) >= 11 is 0. The fraction of sp³-hybridized carbons (Fsp3) is 0.409. The second kappa shape index (κ2) is 8.79. The number of hydrogen-bond donors (Lipinski definition) is 0. The van der Waals surface area contributed by atoms with Gasteiger partial charge in [0.25, 0.3) is 0 Å². The van der Waals surface area contributed by atoms with Crippen molar-refractivity contribution in [1.82, 2.24) is 19.7 Å². The van der Waals surface area contributed by atoms with Crippen LogP contribution >= 0.6 is 0 Å². The maximum Gasteiger partial charge on any atom is 0.415 e. The highest BCUT2D eigenvalue weighted by molar-refractivity contribution is 6.01. The molecule has 3 aromatic rings. The Morgan fingerprint density at radius 2 is 2.00 bits per heavy atom. The van der Waals surface area contributed by atoms with Crippen LogP contribution in [0.25, 0.3) is 22.0 Å². The van der Waals surface area contributed by atoms with Crippen molar-refractivity contribution in [2.75, 3.05) is 13.1 Å². The maximum absolute atomic E-state index is 13.2. The molecule has 0 saturated carbocycles. The van der Waals surface area contributed by atoms with E-state index >= 15 is 0 Å². The van der Waals surface area contributed by atoms with Crippen LogP contribution in [0.15, 0.2) is 36.7 Å². The molecule has 4 rings (SSSR count). The van der Waals surface area contributed by atoms with Crippen molar-refractivity contribution in [1.29, 1.82) is 0 Å². The van der Waals surface area contributed by atoms with E-state index in [0.717, 1.165) is 0 Å². The number of carbonyl (C=O) groups is 1. The molecule has 0 unspecified atom stereocenters. The number of fused-ring (bicyclic) bond motifs is 1. The third-order valence-corrected chi connectivity index (χ3v) is 5.45. The molecule has 1 fully saturated rings. The van der Waals surface area contributed by atoms with E-state index < -0.39 is 24.9 Å². The molecule has 2 aromatic heterocycles. The highest BCUT2D eigenvalue weighted by Gasteiger charge is 2.44. The van der Waals surface area contributed by atoms with Crippen LogP contribution in [0.5, 0.6) is 0 Å². The van der Waals surface area contributed by atoms with Gasteiger partial charge in [0.15, 0.2) is 11.9 Å². The van der Waals surface area contributed by atoms with Crippen molar-refractivity contribution < 1.29 is 31.5 Å². The molecule has 0 N–H and O–H groups in total. The molecule has 0 amide bonds. The molecule has 1 aliphatic heterocycles. The van der Waals surface area contributed by atoms with Crippen LogP contribution in [0.3, 0.4) is 0 Å². The minimum absolute atomic E-state index is 0.150. The number of aromatic nitrogens is 3. The zero-order valence-electron chi connectivity index (χ0n) is 17.8. The van der Waals surface area contributed by atoms with Crippen LogP contribution in [0.1, 0.15) is 36.4 Å². The van der Waals surface area contributed by atoms with Gasteiger partial charge in [0.05, 0.1) is 17.8 Å². The number of Topliss-reactive ketones (excluding diaryl/α,β-unsaturated/α-hetero) is 1. The zero-order chi connectivity index (χ0) is 23.9. The summed E-state index contributed by atoms with van der Waals surface area (Å²) in [6, 6.07) is 6.70. The van der Waals surface area contributed by atoms with E-state index in [0.29, 0.717) is 38.8 Å². The first-order valence-corrected chi connectivity index (χ1v) is 10.2. The van der Waals surface area contributed by atoms with E-state index in [-0.39, 0.29) is 24.6 Å². The van der Waals surface area contributed by atoms with E-state index in [2.05, 4.69) is 10.1 Å². The van der Waals surface area contributed by atoms with Gasteiger partial charge >= 0.3 is 12.7 Å². The van der Waals surface area contributed by atoms with E-state index in [1.54, 1.807) is 30.0 Å². The summed E-state index contributed by atoms with van der Waals surface area (Å²) in [5.41, 5.74) is 2.21. The molecule has 3 heterocycles. The Kier molecular flexibility index (Phi) is 6.19. The fourth-order valence-electron chi connectivity index (χ4n) is 3.98. The van der Waals surface area contributed by atoms with Gasteiger partial charge in [0.1, 0.15) is 5.69 Å². The fourth-order valence-corrected chi connectivity index (χ4v) is 3.98. The third-order valence-electron chi connectivity index (χ3n) is 5.45. The van der Waals surface area contributed by atoms with Crippen LogP contribution in [0.4, 0.5) is 22.0 Å². The summed E-state index contributed by atoms with van der Waals surface area (Å²) in [7, 11) is 0. The summed E-state index contributed by atoms with van der Waals surface area (Å²) in [4.78, 5) is 18.1. The number of pyridine rings is 1. The first-order valence-electron chi connectivity index (χ1n) is 10.2. The highest BCUT2D eigenvalue weighted by Crippen LogP contribution is 2.32. The van der Waals surface area contributed by atoms with Crippen molar-refractivity contribution in [3.05, 3.63) is 47.9 Å². The number of halogens is 5. The first kappa shape index (κ1) is 23.2. The molecule has 0 spiro atoms. The second-order valence-corrected chi connectivity index (χ2v) is 8.12. The van der Waals surface area contributed by atoms with E-state index in [4.69, 9.17) is 4.74 Å². The number of hydrogen-bond acceptors (Lipinski definition) is 5. The van der Waals surface area contributed by atoms with Gasteiger partial charge in [-0.2, -0.15) is 27.1 Å². The predicted octanol–water partition coefficient (Wildman–Crippen LogP) is 4.85. The SMILES string of the molecule is CC(=O)c1cc(-c2cnn(C(F)F)c2)c2ccc(CN3C[C@@H](C)O[C@@H](C(F)(F)F)C3)cc2n1. The normalized spacial score (nSPS) is 20.0. The van der Waals surface area contributed by atoms with Gasteiger partial charge < -0.3 is 4.74 Å². The topological polar surface area (TPSA) is 60.2 Å². The molecule has 176 valence electrons. The lowest BCUT2D eigenvalue weighted by Gasteiger charge is -2.37. The van der Waals surface area contributed by atoms with Gasteiger partial charge in [-0.1, -0.05) is 12.1 Å². The first-order chi connectivity index (χ1) is 15.5. The molecule has 1 aliphatic rings. The molecule has 6 nitrogen and oxygen atoms in total. The van der Waals surface area contributed by atoms with Crippen molar-refractivity contribution in [3.63, 3.8) is 0 Å². The Hall–Kier alpha value is -2.92. The second-order valence-electron chi connectivity index (χ2n) is 8.12. The van der Waals surface area contributed by atoms with Gasteiger partial charge in [-0.15, -0.1) is 0 Å². The van der Waals surface area contributed by atoms with E-state index in [1.807, 2.05) is 0 Å². The molecule has 0 radical (unpaired) electrons. The number of alkyl halides is 5. The largest absolute Gasteiger partial charge is 0.415 e. The van der Waals surface area contributed by atoms with Gasteiger partial charge in [-0.25, -0.2) is 9.67 Å². The Morgan fingerprint density at radius 1 is 1.24 bits per heavy atom. The summed E-state index contributed by atoms with van der Waals surface area (Å²) in [6.45, 7) is 0.423. The maximum atomic E-state index is 13.2. The van der Waals surface area contributed by atoms with Crippen LogP contribution < -0.4 is 0 Å². The molecular formula is C22H21F5N4O2. The number of carbonyl (C=O) groups excluding carboxylic acids is 1. The summed E-state index contributed by atoms with van der Waals surface area (Å²) in [6.07, 6.45) is -4.42. The number of rotatable bonds is 5. The molecule has 2 atom stereocenters. The van der Waals surface area contributed by atoms with E-state index in [1.165, 1.54) is 25.4 Å². The molecule has 33 heavy (non-hydrogen) atoms. The number of morpholine rings is 1. The summed E-state index contributed by atoms with van der Waals surface area (Å²) < 4.78 is 71.0. The van der Waals surface area contributed by atoms with E-state index in [9.17, 15) is 26.7 Å². The van der Waals surface area contributed by atoms with Crippen molar-refractivity contribution >= 4 is 16.7 Å². The smallest absolute Gasteiger partial charge is 0.363 e. The van der Waals surface area contributed by atoms with Gasteiger partial charge in [-0.05, 0) is 30.2 Å². The number of benzene rings is 1. The standard InChI is InChI=1S/C22H21F5N4O2/c1-12-8-30(11-20(33-12)22(25,26)27)9-14-3-4-16-17(15-7-28-31(10-15)21(23)24)6-18(13(2)32)29-19(16)5-14/h3-7,10,12,20-21H,8-9,11H2,1-2H3/t12-,20-/m1/s1. The van der Waals surface area contributed by atoms with Crippen LogP contribution in [-0.2, 0) is 11.3 Å². The monoisotopic (exact) mass is 468 g/mol. The quantitative estimate of drug-likeness (QED) is 0.396. The number of ether oxygens (including phenoxy) is 1. The summed E-state index contributed by atoms with van der Waals surface area (Å²) in [5.74, 6) is -0.306. The van der Waals surface area contributed by atoms with Crippen LogP contribution in [-0.4, -0.2) is 56.9 Å². The minimum Gasteiger partial charge on any atom is -0.363 e. The zero-order valence-corrected chi connectivity index (χ0v) is 17.8. The van der Waals surface area contributed by atoms with Crippen molar-refractivity contribution in [2.24, 2.45) is 0 Å². The van der Waals surface area contributed by atoms with Crippen molar-refractivity contribution in [2.45, 2.75) is 45.3 Å². The lowest BCUT2D eigenvalue weighted by Crippen LogP contribution is -2.51. The molecule has 11 heteroatoms. The van der Waals surface area contributed by atoms with Gasteiger partial charge in [0, 0.05) is 43.7 Å². The Labute approximate surface area is 186 Å². The Morgan fingerprint density at radius 3 is 2.64 bits per heavy atom. The van der Waals surface area contributed by atoms with Gasteiger partial charge in [-0.3, -0.25) is 9.69 Å². The van der Waals surface area contributed by atoms with Crippen molar-refractivity contribution in [3.8, 4) is 11.1 Å². The third kappa shape index (κ3) is 5.03. The van der Waals surface area contributed by atoms with Gasteiger partial charge in [0.2, 0.25) is 0 Å². The molecular weight excluding hydrogens is 447 g/mol. The lowest BCUT2D eigenvalue weighted by atomic mass is 10.00. The Bertz CT molecular complexity index is 1180. The number of nitrogens with zero attached hydrogens (tertiary/aromatic N) is 4. The average molecular weight is 468 g/mol. The molecule has 0 bridgehead atoms. The Balaban J connectivity index is 1.69. The number of ketones is 1. The molecule has 0 aliphatic carbocycles.